The van der Waals surface area contributed by atoms with Gasteiger partial charge in [0.05, 0.1) is 17.8 Å². The van der Waals surface area contributed by atoms with Gasteiger partial charge in [0, 0.05) is 16.3 Å². The van der Waals surface area contributed by atoms with Gasteiger partial charge in [0.1, 0.15) is 10.6 Å². The van der Waals surface area contributed by atoms with Crippen molar-refractivity contribution in [3.05, 3.63) is 81.8 Å². The number of methoxy groups -OCH3 is 1. The summed E-state index contributed by atoms with van der Waals surface area (Å²) >= 11 is 12.1. The normalized spacial score (nSPS) is 11.1. The number of benzene rings is 3. The number of ether oxygens (including phenoxy) is 1. The van der Waals surface area contributed by atoms with Crippen molar-refractivity contribution in [3.8, 4) is 5.75 Å². The lowest BCUT2D eigenvalue weighted by Gasteiger charge is -2.13. The largest absolute Gasteiger partial charge is 0.495 e. The molecule has 2 N–H and O–H groups in total. The van der Waals surface area contributed by atoms with Crippen LogP contribution in [-0.2, 0) is 10.0 Å². The summed E-state index contributed by atoms with van der Waals surface area (Å²) in [5, 5.41) is 3.07. The van der Waals surface area contributed by atoms with Gasteiger partial charge < -0.3 is 10.1 Å². The molecule has 0 saturated carbocycles. The van der Waals surface area contributed by atoms with Gasteiger partial charge in [-0.15, -0.1) is 0 Å². The molecule has 3 aromatic rings. The van der Waals surface area contributed by atoms with E-state index < -0.39 is 15.9 Å². The Hall–Kier alpha value is -2.74. The second-order valence-electron chi connectivity index (χ2n) is 6.42. The Morgan fingerprint density at radius 1 is 0.967 bits per heavy atom. The summed E-state index contributed by atoms with van der Waals surface area (Å²) in [5.41, 5.74) is 1.83. The van der Waals surface area contributed by atoms with Crippen molar-refractivity contribution in [1.82, 2.24) is 0 Å². The molecule has 156 valence electrons. The lowest BCUT2D eigenvalue weighted by atomic mass is 10.2. The molecule has 30 heavy (non-hydrogen) atoms. The number of hydrogen-bond acceptors (Lipinski definition) is 4. The molecular weight excluding hydrogens is 447 g/mol. The third-order valence-electron chi connectivity index (χ3n) is 4.20. The molecule has 9 heteroatoms. The molecular formula is C21H18Cl2N2O4S. The fourth-order valence-electron chi connectivity index (χ4n) is 2.65. The maximum Gasteiger partial charge on any atom is 0.263 e. The molecule has 0 aliphatic carbocycles. The van der Waals surface area contributed by atoms with Crippen LogP contribution in [0.1, 0.15) is 15.9 Å². The van der Waals surface area contributed by atoms with Gasteiger partial charge in [-0.3, -0.25) is 9.52 Å². The van der Waals surface area contributed by atoms with Crippen LogP contribution in [0.4, 0.5) is 11.4 Å². The number of aryl methyl sites for hydroxylation is 1. The van der Waals surface area contributed by atoms with E-state index in [1.807, 2.05) is 6.92 Å². The SMILES string of the molecule is COc1ccc(Cl)cc1NC(=O)c1ccc(Cl)c(S(=O)(=O)Nc2ccc(C)cc2)c1. The lowest BCUT2D eigenvalue weighted by molar-refractivity contribution is 0.102. The molecule has 0 bridgehead atoms. The van der Waals surface area contributed by atoms with E-state index in [1.54, 1.807) is 36.4 Å². The van der Waals surface area contributed by atoms with Crippen LogP contribution in [0.25, 0.3) is 0 Å². The summed E-state index contributed by atoms with van der Waals surface area (Å²) in [7, 11) is -2.55. The van der Waals surface area contributed by atoms with Crippen molar-refractivity contribution in [1.29, 1.82) is 0 Å². The summed E-state index contributed by atoms with van der Waals surface area (Å²) < 4.78 is 33.3. The molecule has 0 heterocycles. The molecule has 0 aliphatic heterocycles. The predicted octanol–water partition coefficient (Wildman–Crippen LogP) is 5.36. The average Bonchev–Trinajstić information content (AvgIpc) is 2.70. The maximum absolute atomic E-state index is 12.8. The summed E-state index contributed by atoms with van der Waals surface area (Å²) in [4.78, 5) is 12.5. The quantitative estimate of drug-likeness (QED) is 0.513. The molecule has 0 spiro atoms. The predicted molar refractivity (Wildman–Crippen MR) is 119 cm³/mol. The number of carbonyl (C=O) groups excluding carboxylic acids is 1. The zero-order valence-electron chi connectivity index (χ0n) is 16.1. The Morgan fingerprint density at radius 3 is 2.33 bits per heavy atom. The first kappa shape index (κ1) is 22.0. The molecule has 6 nitrogen and oxygen atoms in total. The van der Waals surface area contributed by atoms with Gasteiger partial charge in [-0.1, -0.05) is 40.9 Å². The van der Waals surface area contributed by atoms with Crippen LogP contribution in [0.2, 0.25) is 10.0 Å². The molecule has 0 aromatic heterocycles. The number of anilines is 2. The fraction of sp³-hybridized carbons (Fsp3) is 0.0952. The number of amides is 1. The molecule has 3 aromatic carbocycles. The Balaban J connectivity index is 1.90. The monoisotopic (exact) mass is 464 g/mol. The molecule has 0 radical (unpaired) electrons. The van der Waals surface area contributed by atoms with Gasteiger partial charge in [0.25, 0.3) is 15.9 Å². The number of rotatable bonds is 6. The minimum absolute atomic E-state index is 0.00787. The zero-order chi connectivity index (χ0) is 21.9. The van der Waals surface area contributed by atoms with Crippen LogP contribution in [0.5, 0.6) is 5.75 Å². The molecule has 0 atom stereocenters. The number of nitrogens with one attached hydrogen (secondary N) is 2. The number of sulfonamides is 1. The van der Waals surface area contributed by atoms with Crippen molar-refractivity contribution >= 4 is 50.5 Å². The van der Waals surface area contributed by atoms with E-state index in [9.17, 15) is 13.2 Å². The number of carbonyl (C=O) groups is 1. The van der Waals surface area contributed by atoms with Gasteiger partial charge in [0.2, 0.25) is 0 Å². The highest BCUT2D eigenvalue weighted by Crippen LogP contribution is 2.29. The van der Waals surface area contributed by atoms with Crippen molar-refractivity contribution in [2.45, 2.75) is 11.8 Å². The summed E-state index contributed by atoms with van der Waals surface area (Å²) in [5.74, 6) is -0.130. The van der Waals surface area contributed by atoms with E-state index in [0.717, 1.165) is 5.56 Å². The first-order valence-corrected chi connectivity index (χ1v) is 11.0. The smallest absolute Gasteiger partial charge is 0.263 e. The minimum atomic E-state index is -4.01. The zero-order valence-corrected chi connectivity index (χ0v) is 18.4. The number of halogens is 2. The Morgan fingerprint density at radius 2 is 1.67 bits per heavy atom. The van der Waals surface area contributed by atoms with E-state index >= 15 is 0 Å². The van der Waals surface area contributed by atoms with Crippen molar-refractivity contribution in [3.63, 3.8) is 0 Å². The van der Waals surface area contributed by atoms with Gasteiger partial charge in [-0.2, -0.15) is 0 Å². The average molecular weight is 465 g/mol. The molecule has 3 rings (SSSR count). The highest BCUT2D eigenvalue weighted by Gasteiger charge is 2.21. The second-order valence-corrected chi connectivity index (χ2v) is 8.91. The Bertz CT molecular complexity index is 1200. The van der Waals surface area contributed by atoms with E-state index in [0.29, 0.717) is 22.1 Å². The fourth-order valence-corrected chi connectivity index (χ4v) is 4.41. The second kappa shape index (κ2) is 8.95. The van der Waals surface area contributed by atoms with Crippen molar-refractivity contribution in [2.75, 3.05) is 17.1 Å². The standard InChI is InChI=1S/C21H18Cl2N2O4S/c1-13-3-7-16(8-4-13)25-30(27,28)20-11-14(5-9-17(20)23)21(26)24-18-12-15(22)6-10-19(18)29-2/h3-12,25H,1-2H3,(H,24,26). The first-order chi connectivity index (χ1) is 14.2. The lowest BCUT2D eigenvalue weighted by Crippen LogP contribution is -2.16. The van der Waals surface area contributed by atoms with Gasteiger partial charge in [-0.25, -0.2) is 8.42 Å². The van der Waals surface area contributed by atoms with Crippen LogP contribution < -0.4 is 14.8 Å². The molecule has 0 unspecified atom stereocenters. The van der Waals surface area contributed by atoms with Gasteiger partial charge in [0.15, 0.2) is 0 Å². The number of hydrogen-bond donors (Lipinski definition) is 2. The van der Waals surface area contributed by atoms with Crippen LogP contribution in [0, 0.1) is 6.92 Å². The highest BCUT2D eigenvalue weighted by molar-refractivity contribution is 7.92. The third-order valence-corrected chi connectivity index (χ3v) is 6.29. The highest BCUT2D eigenvalue weighted by atomic mass is 35.5. The first-order valence-electron chi connectivity index (χ1n) is 8.73. The van der Waals surface area contributed by atoms with E-state index in [2.05, 4.69) is 10.0 Å². The van der Waals surface area contributed by atoms with Crippen LogP contribution >= 0.6 is 23.2 Å². The van der Waals surface area contributed by atoms with E-state index in [1.165, 1.54) is 31.4 Å². The Labute approximate surface area is 184 Å². The minimum Gasteiger partial charge on any atom is -0.495 e. The van der Waals surface area contributed by atoms with Crippen molar-refractivity contribution in [2.24, 2.45) is 0 Å². The maximum atomic E-state index is 12.8. The third kappa shape index (κ3) is 5.05. The van der Waals surface area contributed by atoms with Gasteiger partial charge >= 0.3 is 0 Å². The molecule has 0 aliphatic rings. The Kier molecular flexibility index (Phi) is 6.55. The van der Waals surface area contributed by atoms with Crippen molar-refractivity contribution < 1.29 is 17.9 Å². The van der Waals surface area contributed by atoms with Gasteiger partial charge in [-0.05, 0) is 55.5 Å². The van der Waals surface area contributed by atoms with Crippen LogP contribution in [0.15, 0.2) is 65.6 Å². The molecule has 0 fully saturated rings. The summed E-state index contributed by atoms with van der Waals surface area (Å²) in [6.45, 7) is 1.89. The van der Waals surface area contributed by atoms with Crippen LogP contribution in [0.3, 0.4) is 0 Å². The summed E-state index contributed by atoms with van der Waals surface area (Å²) in [6, 6.07) is 15.6. The van der Waals surface area contributed by atoms with E-state index in [4.69, 9.17) is 27.9 Å². The topological polar surface area (TPSA) is 84.5 Å². The van der Waals surface area contributed by atoms with E-state index in [-0.39, 0.29) is 15.5 Å². The van der Waals surface area contributed by atoms with Crippen LogP contribution in [-0.4, -0.2) is 21.4 Å². The summed E-state index contributed by atoms with van der Waals surface area (Å²) in [6.07, 6.45) is 0. The molecule has 1 amide bonds. The molecule has 0 saturated heterocycles.